The molecule has 0 aliphatic carbocycles. The van der Waals surface area contributed by atoms with Crippen LogP contribution in [0.15, 0.2) is 34.8 Å². The van der Waals surface area contributed by atoms with Gasteiger partial charge in [-0.05, 0) is 43.7 Å². The van der Waals surface area contributed by atoms with E-state index in [0.29, 0.717) is 0 Å². The molecule has 0 aliphatic heterocycles. The molecule has 1 heterocycles. The van der Waals surface area contributed by atoms with E-state index in [0.717, 1.165) is 21.6 Å². The van der Waals surface area contributed by atoms with Crippen LogP contribution in [0, 0.1) is 0 Å². The molecule has 0 amide bonds. The van der Waals surface area contributed by atoms with Gasteiger partial charge in [0.05, 0.1) is 16.8 Å². The molecule has 2 rings (SSSR count). The molecule has 1 unspecified atom stereocenters. The number of anilines is 1. The van der Waals surface area contributed by atoms with Crippen LogP contribution in [0.3, 0.4) is 0 Å². The van der Waals surface area contributed by atoms with Gasteiger partial charge in [0.15, 0.2) is 0 Å². The highest BCUT2D eigenvalue weighted by molar-refractivity contribution is 9.10. The third-order valence-electron chi connectivity index (χ3n) is 2.76. The summed E-state index contributed by atoms with van der Waals surface area (Å²) in [4.78, 5) is 2.76. The second-order valence-electron chi connectivity index (χ2n) is 4.15. The van der Waals surface area contributed by atoms with E-state index in [-0.39, 0.29) is 6.04 Å². The average molecular weight is 345 g/mol. The molecule has 1 aromatic carbocycles. The third-order valence-corrected chi connectivity index (χ3v) is 4.98. The normalized spacial score (nSPS) is 12.4. The van der Waals surface area contributed by atoms with Crippen molar-refractivity contribution < 1.29 is 0 Å². The molecule has 0 aliphatic rings. The Morgan fingerprint density at radius 3 is 2.72 bits per heavy atom. The molecule has 96 valence electrons. The van der Waals surface area contributed by atoms with Gasteiger partial charge >= 0.3 is 0 Å². The first-order chi connectivity index (χ1) is 8.60. The first-order valence-corrected chi connectivity index (χ1v) is 7.89. The predicted octanol–water partition coefficient (Wildman–Crippen LogP) is 5.90. The van der Waals surface area contributed by atoms with Crippen molar-refractivity contribution in [1.29, 1.82) is 0 Å². The van der Waals surface area contributed by atoms with E-state index >= 15 is 0 Å². The van der Waals surface area contributed by atoms with Gasteiger partial charge in [0.25, 0.3) is 0 Å². The van der Waals surface area contributed by atoms with E-state index in [1.54, 1.807) is 0 Å². The van der Waals surface area contributed by atoms with Gasteiger partial charge in [-0.15, -0.1) is 11.3 Å². The predicted molar refractivity (Wildman–Crippen MR) is 84.9 cm³/mol. The molecule has 0 saturated carbocycles. The van der Waals surface area contributed by atoms with Crippen molar-refractivity contribution in [3.8, 4) is 0 Å². The first-order valence-electron chi connectivity index (χ1n) is 5.90. The highest BCUT2D eigenvalue weighted by atomic mass is 79.9. The maximum absolute atomic E-state index is 6.20. The zero-order chi connectivity index (χ0) is 13.1. The Labute approximate surface area is 125 Å². The van der Waals surface area contributed by atoms with Crippen LogP contribution in [0.1, 0.15) is 29.6 Å². The molecule has 1 aromatic heterocycles. The fourth-order valence-corrected chi connectivity index (χ4v) is 3.41. The van der Waals surface area contributed by atoms with Crippen LogP contribution in [0.25, 0.3) is 0 Å². The number of hydrogen-bond donors (Lipinski definition) is 1. The van der Waals surface area contributed by atoms with E-state index in [4.69, 9.17) is 11.6 Å². The Morgan fingerprint density at radius 1 is 1.33 bits per heavy atom. The lowest BCUT2D eigenvalue weighted by Gasteiger charge is -2.15. The second kappa shape index (κ2) is 6.09. The van der Waals surface area contributed by atoms with E-state index in [9.17, 15) is 0 Å². The zero-order valence-corrected chi connectivity index (χ0v) is 13.5. The topological polar surface area (TPSA) is 12.0 Å². The van der Waals surface area contributed by atoms with Gasteiger partial charge in [0, 0.05) is 14.2 Å². The Morgan fingerprint density at radius 2 is 2.11 bits per heavy atom. The van der Waals surface area contributed by atoms with Crippen molar-refractivity contribution in [1.82, 2.24) is 0 Å². The van der Waals surface area contributed by atoms with E-state index in [1.807, 2.05) is 29.5 Å². The van der Waals surface area contributed by atoms with Crippen LogP contribution >= 0.6 is 38.9 Å². The minimum atomic E-state index is 0.272. The Bertz CT molecular complexity index is 538. The van der Waals surface area contributed by atoms with Crippen molar-refractivity contribution in [2.24, 2.45) is 0 Å². The van der Waals surface area contributed by atoms with Gasteiger partial charge < -0.3 is 5.32 Å². The molecule has 4 heteroatoms. The fourth-order valence-electron chi connectivity index (χ4n) is 1.73. The van der Waals surface area contributed by atoms with Crippen molar-refractivity contribution in [2.75, 3.05) is 5.32 Å². The van der Waals surface area contributed by atoms with Gasteiger partial charge in [-0.25, -0.2) is 0 Å². The number of aryl methyl sites for hydroxylation is 1. The van der Waals surface area contributed by atoms with Crippen LogP contribution in [-0.2, 0) is 6.42 Å². The molecule has 0 spiro atoms. The van der Waals surface area contributed by atoms with E-state index in [2.05, 4.69) is 47.2 Å². The Kier molecular flexibility index (Phi) is 4.71. The van der Waals surface area contributed by atoms with Crippen LogP contribution < -0.4 is 5.32 Å². The summed E-state index contributed by atoms with van der Waals surface area (Å²) in [7, 11) is 0. The summed E-state index contributed by atoms with van der Waals surface area (Å²) in [6.45, 7) is 4.34. The molecule has 2 aromatic rings. The molecule has 0 saturated heterocycles. The minimum absolute atomic E-state index is 0.272. The van der Waals surface area contributed by atoms with Crippen LogP contribution in [-0.4, -0.2) is 0 Å². The van der Waals surface area contributed by atoms with Crippen molar-refractivity contribution in [3.63, 3.8) is 0 Å². The molecule has 0 fully saturated rings. The standard InChI is InChI=1S/C14H15BrClNS/c1-3-11-5-7-14(18-11)9(2)17-13-6-4-10(15)8-12(13)16/h4-9,17H,3H2,1-2H3. The van der Waals surface area contributed by atoms with Crippen molar-refractivity contribution in [2.45, 2.75) is 26.3 Å². The summed E-state index contributed by atoms with van der Waals surface area (Å²) in [5.74, 6) is 0. The van der Waals surface area contributed by atoms with Gasteiger partial charge in [-0.3, -0.25) is 0 Å². The SMILES string of the molecule is CCc1ccc(C(C)Nc2ccc(Br)cc2Cl)s1. The van der Waals surface area contributed by atoms with Gasteiger partial charge in [0.1, 0.15) is 0 Å². The highest BCUT2D eigenvalue weighted by Gasteiger charge is 2.10. The molecular formula is C14H15BrClNS. The molecule has 1 N–H and O–H groups in total. The fraction of sp³-hybridized carbons (Fsp3) is 0.286. The van der Waals surface area contributed by atoms with Crippen LogP contribution in [0.2, 0.25) is 5.02 Å². The number of nitrogens with one attached hydrogen (secondary N) is 1. The molecular weight excluding hydrogens is 330 g/mol. The molecule has 1 nitrogen and oxygen atoms in total. The van der Waals surface area contributed by atoms with E-state index < -0.39 is 0 Å². The maximum atomic E-state index is 6.20. The lowest BCUT2D eigenvalue weighted by molar-refractivity contribution is 0.908. The lowest BCUT2D eigenvalue weighted by Crippen LogP contribution is -2.05. The summed E-state index contributed by atoms with van der Waals surface area (Å²) in [6, 6.07) is 10.6. The average Bonchev–Trinajstić information content (AvgIpc) is 2.81. The summed E-state index contributed by atoms with van der Waals surface area (Å²) < 4.78 is 0.995. The molecule has 0 bridgehead atoms. The number of benzene rings is 1. The summed E-state index contributed by atoms with van der Waals surface area (Å²) in [6.07, 6.45) is 1.09. The third kappa shape index (κ3) is 3.28. The number of thiophene rings is 1. The van der Waals surface area contributed by atoms with Gasteiger partial charge in [0.2, 0.25) is 0 Å². The number of rotatable bonds is 4. The molecule has 18 heavy (non-hydrogen) atoms. The first kappa shape index (κ1) is 13.9. The minimum Gasteiger partial charge on any atom is -0.377 e. The largest absolute Gasteiger partial charge is 0.377 e. The number of hydrogen-bond acceptors (Lipinski definition) is 2. The Hall–Kier alpha value is -0.510. The quantitative estimate of drug-likeness (QED) is 0.728. The summed E-state index contributed by atoms with van der Waals surface area (Å²) in [5, 5.41) is 4.19. The van der Waals surface area contributed by atoms with E-state index in [1.165, 1.54) is 9.75 Å². The summed E-state index contributed by atoms with van der Waals surface area (Å²) >= 11 is 11.5. The molecule has 0 radical (unpaired) electrons. The lowest BCUT2D eigenvalue weighted by atomic mass is 10.2. The van der Waals surface area contributed by atoms with Crippen molar-refractivity contribution >= 4 is 44.6 Å². The molecule has 1 atom stereocenters. The summed E-state index contributed by atoms with van der Waals surface area (Å²) in [5.41, 5.74) is 0.971. The number of halogens is 2. The van der Waals surface area contributed by atoms with Gasteiger partial charge in [-0.2, -0.15) is 0 Å². The smallest absolute Gasteiger partial charge is 0.0648 e. The zero-order valence-electron chi connectivity index (χ0n) is 10.3. The second-order valence-corrected chi connectivity index (χ2v) is 6.67. The van der Waals surface area contributed by atoms with Gasteiger partial charge in [-0.1, -0.05) is 34.5 Å². The Balaban J connectivity index is 2.13. The maximum Gasteiger partial charge on any atom is 0.0648 e. The monoisotopic (exact) mass is 343 g/mol. The highest BCUT2D eigenvalue weighted by Crippen LogP contribution is 2.31. The van der Waals surface area contributed by atoms with Crippen molar-refractivity contribution in [3.05, 3.63) is 49.6 Å². The van der Waals surface area contributed by atoms with Crippen LogP contribution in [0.5, 0.6) is 0 Å². The van der Waals surface area contributed by atoms with Crippen LogP contribution in [0.4, 0.5) is 5.69 Å².